The van der Waals surface area contributed by atoms with Crippen LogP contribution in [-0.4, -0.2) is 40.2 Å². The van der Waals surface area contributed by atoms with Crippen LogP contribution in [0, 0.1) is 11.6 Å². The first-order valence-electron chi connectivity index (χ1n) is 10.6. The van der Waals surface area contributed by atoms with Crippen molar-refractivity contribution in [3.8, 4) is 11.5 Å². The van der Waals surface area contributed by atoms with E-state index in [0.29, 0.717) is 34.9 Å². The average Bonchev–Trinajstić information content (AvgIpc) is 3.32. The zero-order valence-corrected chi connectivity index (χ0v) is 19.7. The van der Waals surface area contributed by atoms with Gasteiger partial charge in [0.25, 0.3) is 10.0 Å². The highest BCUT2D eigenvalue weighted by molar-refractivity contribution is 7.90. The zero-order valence-electron chi connectivity index (χ0n) is 18.9. The van der Waals surface area contributed by atoms with Gasteiger partial charge in [-0.2, -0.15) is 0 Å². The van der Waals surface area contributed by atoms with E-state index in [4.69, 9.17) is 9.47 Å². The van der Waals surface area contributed by atoms with Gasteiger partial charge in [0.2, 0.25) is 12.7 Å². The van der Waals surface area contributed by atoms with Crippen LogP contribution in [0.25, 0.3) is 0 Å². The molecule has 0 saturated heterocycles. The highest BCUT2D eigenvalue weighted by Crippen LogP contribution is 2.35. The van der Waals surface area contributed by atoms with Crippen LogP contribution in [0.3, 0.4) is 0 Å². The van der Waals surface area contributed by atoms with Crippen molar-refractivity contribution in [3.05, 3.63) is 83.9 Å². The minimum Gasteiger partial charge on any atom is -0.454 e. The van der Waals surface area contributed by atoms with Gasteiger partial charge in [-0.15, -0.1) is 0 Å². The molecular formula is C24H21F2N3O6S. The lowest BCUT2D eigenvalue weighted by molar-refractivity contribution is -0.120. The summed E-state index contributed by atoms with van der Waals surface area (Å²) in [6, 6.07) is 12.9. The number of urea groups is 1. The highest BCUT2D eigenvalue weighted by atomic mass is 32.2. The van der Waals surface area contributed by atoms with Crippen molar-refractivity contribution in [1.29, 1.82) is 0 Å². The molecule has 0 radical (unpaired) electrons. The van der Waals surface area contributed by atoms with Gasteiger partial charge in [-0.25, -0.2) is 26.7 Å². The Hall–Kier alpha value is -4.19. The van der Waals surface area contributed by atoms with E-state index in [1.165, 1.54) is 11.9 Å². The summed E-state index contributed by atoms with van der Waals surface area (Å²) in [5.41, 5.74) is 1.13. The molecule has 0 spiro atoms. The van der Waals surface area contributed by atoms with Crippen LogP contribution in [0.2, 0.25) is 0 Å². The normalized spacial score (nSPS) is 13.1. The number of sulfonamides is 1. The largest absolute Gasteiger partial charge is 0.454 e. The third-order valence-corrected chi connectivity index (χ3v) is 6.72. The smallest absolute Gasteiger partial charge is 0.329 e. The van der Waals surface area contributed by atoms with E-state index < -0.39 is 44.5 Å². The van der Waals surface area contributed by atoms with Crippen molar-refractivity contribution in [1.82, 2.24) is 10.0 Å². The summed E-state index contributed by atoms with van der Waals surface area (Å²) in [6.07, 6.45) is 0.0242. The van der Waals surface area contributed by atoms with Gasteiger partial charge in [0.1, 0.15) is 22.6 Å². The number of halogens is 2. The lowest BCUT2D eigenvalue weighted by Gasteiger charge is -2.25. The van der Waals surface area contributed by atoms with Crippen LogP contribution >= 0.6 is 0 Å². The first-order chi connectivity index (χ1) is 17.1. The second-order valence-corrected chi connectivity index (χ2v) is 9.48. The Labute approximate surface area is 205 Å². The van der Waals surface area contributed by atoms with E-state index in [1.807, 2.05) is 0 Å². The highest BCUT2D eigenvalue weighted by Gasteiger charge is 2.29. The molecule has 188 valence electrons. The van der Waals surface area contributed by atoms with Crippen molar-refractivity contribution >= 4 is 27.6 Å². The van der Waals surface area contributed by atoms with E-state index >= 15 is 0 Å². The van der Waals surface area contributed by atoms with Gasteiger partial charge in [0, 0.05) is 25.2 Å². The summed E-state index contributed by atoms with van der Waals surface area (Å²) in [4.78, 5) is 26.2. The summed E-state index contributed by atoms with van der Waals surface area (Å²) >= 11 is 0. The first-order valence-corrected chi connectivity index (χ1v) is 12.1. The fourth-order valence-corrected chi connectivity index (χ4v) is 4.56. The maximum Gasteiger partial charge on any atom is 0.329 e. The lowest BCUT2D eigenvalue weighted by atomic mass is 10.0. The number of benzene rings is 3. The molecule has 1 heterocycles. The van der Waals surface area contributed by atoms with Gasteiger partial charge in [-0.05, 0) is 35.9 Å². The monoisotopic (exact) mass is 517 g/mol. The minimum atomic E-state index is -4.77. The second kappa shape index (κ2) is 10.2. The molecule has 0 saturated carbocycles. The fourth-order valence-electron chi connectivity index (χ4n) is 3.55. The number of carbonyl (C=O) groups excluding carboxylic acids is 2. The van der Waals surface area contributed by atoms with Gasteiger partial charge >= 0.3 is 6.03 Å². The Morgan fingerprint density at radius 3 is 2.47 bits per heavy atom. The number of fused-ring (bicyclic) bond motifs is 1. The molecule has 12 heteroatoms. The number of nitrogens with zero attached hydrogens (tertiary/aromatic N) is 1. The molecule has 1 atom stereocenters. The summed E-state index contributed by atoms with van der Waals surface area (Å²) in [5.74, 6) is -1.84. The number of anilines is 1. The summed E-state index contributed by atoms with van der Waals surface area (Å²) in [7, 11) is -3.29. The number of likely N-dealkylation sites (N-methyl/N-ethyl adjacent to an activating group) is 1. The Balaban J connectivity index is 1.55. The van der Waals surface area contributed by atoms with Crippen molar-refractivity contribution in [3.63, 3.8) is 0 Å². The van der Waals surface area contributed by atoms with Crippen LogP contribution in [0.15, 0.2) is 71.6 Å². The summed E-state index contributed by atoms with van der Waals surface area (Å²) in [6.45, 7) is 0.0508. The van der Waals surface area contributed by atoms with Crippen LogP contribution in [-0.2, 0) is 21.2 Å². The van der Waals surface area contributed by atoms with E-state index in [2.05, 4.69) is 5.32 Å². The fraction of sp³-hybridized carbons (Fsp3) is 0.167. The molecule has 3 aromatic carbocycles. The Bertz CT molecular complexity index is 1400. The van der Waals surface area contributed by atoms with Crippen molar-refractivity contribution < 1.29 is 36.3 Å². The maximum atomic E-state index is 14.0. The number of hydrogen-bond donors (Lipinski definition) is 2. The molecule has 3 aromatic rings. The summed E-state index contributed by atoms with van der Waals surface area (Å²) < 4.78 is 64.7. The summed E-state index contributed by atoms with van der Waals surface area (Å²) in [5, 5.41) is 2.34. The van der Waals surface area contributed by atoms with Gasteiger partial charge in [-0.3, -0.25) is 4.79 Å². The number of rotatable bonds is 7. The zero-order chi connectivity index (χ0) is 25.9. The number of nitrogens with one attached hydrogen (secondary N) is 2. The molecule has 0 unspecified atom stereocenters. The molecule has 2 N–H and O–H groups in total. The SMILES string of the molecule is CN(C(=O)[C@H](Cc1ccccc1)NC(=O)NS(=O)(=O)c1cc(F)ccc1F)c1ccc2c(c1)OCO2. The van der Waals surface area contributed by atoms with Gasteiger partial charge in [0.15, 0.2) is 11.5 Å². The van der Waals surface area contributed by atoms with E-state index in [9.17, 15) is 26.8 Å². The van der Waals surface area contributed by atoms with E-state index in [1.54, 1.807) is 53.3 Å². The molecule has 0 aromatic heterocycles. The molecule has 0 fully saturated rings. The first kappa shape index (κ1) is 24.9. The molecule has 0 aliphatic carbocycles. The molecule has 4 rings (SSSR count). The molecule has 1 aliphatic rings. The molecule has 9 nitrogen and oxygen atoms in total. The van der Waals surface area contributed by atoms with Crippen LogP contribution < -0.4 is 24.4 Å². The third-order valence-electron chi connectivity index (χ3n) is 5.37. The number of ether oxygens (including phenoxy) is 2. The molecule has 3 amide bonds. The maximum absolute atomic E-state index is 14.0. The Morgan fingerprint density at radius 1 is 1.00 bits per heavy atom. The average molecular weight is 518 g/mol. The molecule has 1 aliphatic heterocycles. The molecule has 36 heavy (non-hydrogen) atoms. The van der Waals surface area contributed by atoms with Crippen LogP contribution in [0.5, 0.6) is 11.5 Å². The van der Waals surface area contributed by atoms with Crippen molar-refractivity contribution in [2.75, 3.05) is 18.7 Å². The number of hydrogen-bond acceptors (Lipinski definition) is 6. The quantitative estimate of drug-likeness (QED) is 0.498. The van der Waals surface area contributed by atoms with Gasteiger partial charge in [0.05, 0.1) is 0 Å². The Morgan fingerprint density at radius 2 is 1.72 bits per heavy atom. The van der Waals surface area contributed by atoms with E-state index in [-0.39, 0.29) is 13.2 Å². The predicted molar refractivity (Wildman–Crippen MR) is 125 cm³/mol. The third kappa shape index (κ3) is 5.54. The molecule has 0 bridgehead atoms. The number of carbonyl (C=O) groups is 2. The second-order valence-electron chi connectivity index (χ2n) is 7.83. The molecular weight excluding hydrogens is 496 g/mol. The lowest BCUT2D eigenvalue weighted by Crippen LogP contribution is -2.52. The topological polar surface area (TPSA) is 114 Å². The number of amides is 3. The van der Waals surface area contributed by atoms with Gasteiger partial charge < -0.3 is 19.7 Å². The Kier molecular flexibility index (Phi) is 7.06. The standard InChI is InChI=1S/C24H21F2N3O6S/c1-29(17-8-10-20-21(13-17)35-14-34-20)23(30)19(11-15-5-3-2-4-6-15)27-24(31)28-36(32,33)22-12-16(25)7-9-18(22)26/h2-10,12-13,19H,11,14H2,1H3,(H2,27,28,31)/t19-/m0/s1. The van der Waals surface area contributed by atoms with Crippen molar-refractivity contribution in [2.24, 2.45) is 0 Å². The van der Waals surface area contributed by atoms with Crippen LogP contribution in [0.4, 0.5) is 19.3 Å². The predicted octanol–water partition coefficient (Wildman–Crippen LogP) is 2.96. The minimum absolute atomic E-state index is 0.0242. The van der Waals surface area contributed by atoms with Gasteiger partial charge in [-0.1, -0.05) is 30.3 Å². The van der Waals surface area contributed by atoms with Crippen LogP contribution in [0.1, 0.15) is 5.56 Å². The van der Waals surface area contributed by atoms with Crippen molar-refractivity contribution in [2.45, 2.75) is 17.4 Å². The van der Waals surface area contributed by atoms with E-state index in [0.717, 1.165) is 6.07 Å².